The van der Waals surface area contributed by atoms with E-state index < -0.39 is 96.5 Å². The molecule has 15 nitrogen and oxygen atoms in total. The predicted octanol–water partition coefficient (Wildman–Crippen LogP) is -3.17. The molecule has 3 aliphatic heterocycles. The van der Waals surface area contributed by atoms with Crippen molar-refractivity contribution in [1.82, 2.24) is 16.0 Å². The molecule has 0 aromatic rings. The minimum absolute atomic E-state index is 0.0240. The molecule has 43 heavy (non-hydrogen) atoms. The van der Waals surface area contributed by atoms with E-state index in [2.05, 4.69) is 16.0 Å². The fourth-order valence-corrected chi connectivity index (χ4v) is 5.88. The van der Waals surface area contributed by atoms with Crippen LogP contribution in [0.2, 0.25) is 0 Å². The van der Waals surface area contributed by atoms with Crippen molar-refractivity contribution < 1.29 is 52.9 Å². The molecule has 12 N–H and O–H groups in total. The van der Waals surface area contributed by atoms with Gasteiger partial charge in [0.25, 0.3) is 12.3 Å². The SMILES string of the molecule is C[C@@H]1C(O)[C@@H](OC2C(O)C(O[C@H]3O[C@H](CNC(=N)C(F)F)CCC3N)[C@@H](N)C[C@H]2NC(=O)[C@@]2(O)CCNC2)OCC1(C)O. The van der Waals surface area contributed by atoms with Crippen LogP contribution < -0.4 is 27.4 Å². The van der Waals surface area contributed by atoms with Gasteiger partial charge in [0.2, 0.25) is 0 Å². The van der Waals surface area contributed by atoms with Gasteiger partial charge in [-0.2, -0.15) is 0 Å². The quantitative estimate of drug-likeness (QED) is 0.0900. The summed E-state index contributed by atoms with van der Waals surface area (Å²) >= 11 is 0. The first-order valence-electron chi connectivity index (χ1n) is 14.6. The van der Waals surface area contributed by atoms with Crippen molar-refractivity contribution in [3.63, 3.8) is 0 Å². The maximum Gasteiger partial charge on any atom is 0.294 e. The molecule has 1 saturated carbocycles. The number of alkyl halides is 2. The molecule has 3 saturated heterocycles. The van der Waals surface area contributed by atoms with Crippen molar-refractivity contribution in [2.45, 2.75) is 118 Å². The van der Waals surface area contributed by atoms with Gasteiger partial charge in [-0.15, -0.1) is 0 Å². The number of ether oxygens (including phenoxy) is 4. The van der Waals surface area contributed by atoms with E-state index in [1.54, 1.807) is 6.92 Å². The fraction of sp³-hybridized carbons (Fsp3) is 0.923. The molecule has 248 valence electrons. The largest absolute Gasteiger partial charge is 0.388 e. The van der Waals surface area contributed by atoms with Crippen LogP contribution in [0.4, 0.5) is 8.78 Å². The Labute approximate surface area is 248 Å². The summed E-state index contributed by atoms with van der Waals surface area (Å²) in [6.45, 7) is 3.38. The lowest BCUT2D eigenvalue weighted by atomic mass is 9.82. The minimum Gasteiger partial charge on any atom is -0.388 e. The molecule has 0 bridgehead atoms. The summed E-state index contributed by atoms with van der Waals surface area (Å²) in [6.07, 6.45) is -10.1. The number of hydrogen-bond donors (Lipinski definition) is 10. The average molecular weight is 625 g/mol. The van der Waals surface area contributed by atoms with Gasteiger partial charge in [0.05, 0.1) is 30.4 Å². The molecule has 4 aliphatic rings. The zero-order valence-electron chi connectivity index (χ0n) is 24.3. The van der Waals surface area contributed by atoms with E-state index in [9.17, 15) is 34.0 Å². The van der Waals surface area contributed by atoms with Gasteiger partial charge in [0.1, 0.15) is 24.4 Å². The topological polar surface area (TPSA) is 247 Å². The summed E-state index contributed by atoms with van der Waals surface area (Å²) < 4.78 is 49.1. The number of nitrogens with two attached hydrogens (primary N) is 2. The van der Waals surface area contributed by atoms with Gasteiger partial charge < -0.3 is 66.8 Å². The lowest BCUT2D eigenvalue weighted by molar-refractivity contribution is -0.314. The number of rotatable bonds is 9. The van der Waals surface area contributed by atoms with E-state index in [1.165, 1.54) is 6.92 Å². The van der Waals surface area contributed by atoms with Crippen LogP contribution in [0.3, 0.4) is 0 Å². The fourth-order valence-electron chi connectivity index (χ4n) is 5.88. The molecule has 0 radical (unpaired) electrons. The van der Waals surface area contributed by atoms with E-state index in [-0.39, 0.29) is 32.5 Å². The molecule has 0 aromatic heterocycles. The molecule has 6 unspecified atom stereocenters. The van der Waals surface area contributed by atoms with E-state index >= 15 is 0 Å². The van der Waals surface area contributed by atoms with Crippen LogP contribution in [-0.2, 0) is 23.7 Å². The molecule has 3 heterocycles. The van der Waals surface area contributed by atoms with Crippen LogP contribution in [0.25, 0.3) is 0 Å². The maximum absolute atomic E-state index is 13.1. The third kappa shape index (κ3) is 7.78. The zero-order valence-corrected chi connectivity index (χ0v) is 24.3. The van der Waals surface area contributed by atoms with Gasteiger partial charge in [-0.3, -0.25) is 10.2 Å². The Morgan fingerprint density at radius 3 is 2.49 bits per heavy atom. The molecule has 0 aromatic carbocycles. The Bertz CT molecular complexity index is 977. The highest BCUT2D eigenvalue weighted by Crippen LogP contribution is 2.34. The molecule has 4 rings (SSSR count). The van der Waals surface area contributed by atoms with E-state index in [1.807, 2.05) is 0 Å². The Balaban J connectivity index is 1.49. The van der Waals surface area contributed by atoms with E-state index in [4.69, 9.17) is 35.8 Å². The van der Waals surface area contributed by atoms with E-state index in [0.717, 1.165) is 0 Å². The van der Waals surface area contributed by atoms with Crippen molar-refractivity contribution in [1.29, 1.82) is 5.41 Å². The van der Waals surface area contributed by atoms with Crippen molar-refractivity contribution in [3.8, 4) is 0 Å². The number of aliphatic hydroxyl groups is 4. The van der Waals surface area contributed by atoms with Crippen molar-refractivity contribution in [2.75, 3.05) is 26.2 Å². The van der Waals surface area contributed by atoms with Gasteiger partial charge in [-0.25, -0.2) is 8.78 Å². The second-order valence-corrected chi connectivity index (χ2v) is 12.4. The summed E-state index contributed by atoms with van der Waals surface area (Å²) in [5, 5.41) is 59.0. The number of amides is 1. The number of aliphatic hydroxyl groups excluding tert-OH is 2. The second kappa shape index (κ2) is 13.8. The van der Waals surface area contributed by atoms with Gasteiger partial charge in [-0.05, 0) is 39.2 Å². The second-order valence-electron chi connectivity index (χ2n) is 12.4. The van der Waals surface area contributed by atoms with Gasteiger partial charge in [0, 0.05) is 25.0 Å². The van der Waals surface area contributed by atoms with Crippen molar-refractivity contribution >= 4 is 11.7 Å². The first-order chi connectivity index (χ1) is 20.1. The minimum atomic E-state index is -2.95. The first kappa shape index (κ1) is 34.2. The standard InChI is InChI=1S/C26H46F2N6O9/c1-11-16(35)23(40-10-25(11,2)38)43-19-15(34-24(37)26(39)5-6-32-9-26)7-14(30)18(17(19)36)42-22-13(29)4-3-12(41-22)8-33-21(31)20(27)28/h11-20,22-23,32,35-36,38-39H,3-10,29-30H2,1-2H3,(H2,31,33)(H,34,37)/t11-,12+,13?,14+,15-,16?,17?,18?,19?,22-,23-,25?,26-/m1/s1. The molecular weight excluding hydrogens is 578 g/mol. The summed E-state index contributed by atoms with van der Waals surface area (Å²) in [5.41, 5.74) is 9.64. The summed E-state index contributed by atoms with van der Waals surface area (Å²) in [4.78, 5) is 13.1. The van der Waals surface area contributed by atoms with Crippen LogP contribution in [0.5, 0.6) is 0 Å². The lowest BCUT2D eigenvalue weighted by Gasteiger charge is -2.49. The molecule has 1 aliphatic carbocycles. The summed E-state index contributed by atoms with van der Waals surface area (Å²) in [5.74, 6) is -2.28. The van der Waals surface area contributed by atoms with Gasteiger partial charge in [0.15, 0.2) is 24.0 Å². The van der Waals surface area contributed by atoms with Crippen molar-refractivity contribution in [3.05, 3.63) is 0 Å². The van der Waals surface area contributed by atoms with Crippen molar-refractivity contribution in [2.24, 2.45) is 17.4 Å². The molecule has 13 atom stereocenters. The summed E-state index contributed by atoms with van der Waals surface area (Å²) in [6, 6.07) is -2.46. The van der Waals surface area contributed by atoms with Crippen LogP contribution in [0.15, 0.2) is 0 Å². The number of β-amino-alcohol motifs (C(OH)–C–C–N with tert-alkyl or cyclic N) is 1. The van der Waals surface area contributed by atoms with Crippen LogP contribution >= 0.6 is 0 Å². The number of hydrogen-bond acceptors (Lipinski definition) is 13. The normalized spacial score (nSPS) is 45.6. The maximum atomic E-state index is 13.1. The number of halogens is 2. The Kier molecular flexibility index (Phi) is 11.0. The van der Waals surface area contributed by atoms with E-state index in [0.29, 0.717) is 19.4 Å². The first-order valence-corrected chi connectivity index (χ1v) is 14.6. The van der Waals surface area contributed by atoms with Crippen LogP contribution in [-0.4, -0.2) is 137 Å². The highest BCUT2D eigenvalue weighted by molar-refractivity contribution is 5.86. The Morgan fingerprint density at radius 1 is 1.14 bits per heavy atom. The molecule has 17 heteroatoms. The molecule has 4 fully saturated rings. The number of carbonyl (C=O) groups excluding carboxylic acids is 1. The number of carbonyl (C=O) groups is 1. The molecular formula is C26H46F2N6O9. The monoisotopic (exact) mass is 624 g/mol. The van der Waals surface area contributed by atoms with Crippen LogP contribution in [0.1, 0.15) is 39.5 Å². The third-order valence-corrected chi connectivity index (χ3v) is 9.02. The van der Waals surface area contributed by atoms with Crippen LogP contribution in [0, 0.1) is 11.3 Å². The highest BCUT2D eigenvalue weighted by Gasteiger charge is 2.52. The Morgan fingerprint density at radius 2 is 1.84 bits per heavy atom. The Hall–Kier alpha value is -1.64. The van der Waals surface area contributed by atoms with Gasteiger partial charge in [-0.1, -0.05) is 6.92 Å². The highest BCUT2D eigenvalue weighted by atomic mass is 19.3. The third-order valence-electron chi connectivity index (χ3n) is 9.02. The zero-order chi connectivity index (χ0) is 31.7. The average Bonchev–Trinajstić information content (AvgIpc) is 3.40. The smallest absolute Gasteiger partial charge is 0.294 e. The number of nitrogens with one attached hydrogen (secondary N) is 4. The molecule has 0 spiro atoms. The van der Waals surface area contributed by atoms with Gasteiger partial charge >= 0.3 is 0 Å². The number of amidine groups is 1. The lowest BCUT2D eigenvalue weighted by Crippen LogP contribution is -2.68. The molecule has 1 amide bonds. The predicted molar refractivity (Wildman–Crippen MR) is 146 cm³/mol. The summed E-state index contributed by atoms with van der Waals surface area (Å²) in [7, 11) is 0.